The zero-order valence-corrected chi connectivity index (χ0v) is 12.6. The van der Waals surface area contributed by atoms with E-state index in [2.05, 4.69) is 12.2 Å². The Labute approximate surface area is 121 Å². The van der Waals surface area contributed by atoms with Gasteiger partial charge in [0.2, 0.25) is 0 Å². The van der Waals surface area contributed by atoms with Crippen molar-refractivity contribution in [1.82, 2.24) is 5.32 Å². The van der Waals surface area contributed by atoms with Gasteiger partial charge in [-0.15, -0.1) is 0 Å². The molecule has 1 heterocycles. The van der Waals surface area contributed by atoms with Crippen molar-refractivity contribution < 1.29 is 14.2 Å². The second-order valence-corrected chi connectivity index (χ2v) is 5.24. The maximum absolute atomic E-state index is 5.51. The molecule has 0 bridgehead atoms. The van der Waals surface area contributed by atoms with Gasteiger partial charge < -0.3 is 19.5 Å². The summed E-state index contributed by atoms with van der Waals surface area (Å²) in [6.07, 6.45) is 3.35. The summed E-state index contributed by atoms with van der Waals surface area (Å²) < 4.78 is 16.3. The lowest BCUT2D eigenvalue weighted by molar-refractivity contribution is 0.142. The Morgan fingerprint density at radius 1 is 1.20 bits per heavy atom. The molecule has 1 aromatic carbocycles. The van der Waals surface area contributed by atoms with E-state index in [4.69, 9.17) is 14.2 Å². The first-order valence-electron chi connectivity index (χ1n) is 7.30. The SMILES string of the molecule is COc1ccc(OC)c(C(C)NC2CCCOCC2)c1. The lowest BCUT2D eigenvalue weighted by atomic mass is 10.0. The van der Waals surface area contributed by atoms with Crippen molar-refractivity contribution in [2.75, 3.05) is 27.4 Å². The standard InChI is InChI=1S/C16H25NO3/c1-12(17-13-5-4-9-20-10-8-13)15-11-14(18-2)6-7-16(15)19-3/h6-7,11-13,17H,4-5,8-10H2,1-3H3. The lowest BCUT2D eigenvalue weighted by Gasteiger charge is -2.23. The van der Waals surface area contributed by atoms with E-state index in [1.165, 1.54) is 0 Å². The predicted octanol–water partition coefficient (Wildman–Crippen LogP) is 2.92. The van der Waals surface area contributed by atoms with Crippen LogP contribution in [0.15, 0.2) is 18.2 Å². The van der Waals surface area contributed by atoms with E-state index < -0.39 is 0 Å². The summed E-state index contributed by atoms with van der Waals surface area (Å²) in [5.74, 6) is 1.76. The van der Waals surface area contributed by atoms with Crippen LogP contribution in [0, 0.1) is 0 Å². The van der Waals surface area contributed by atoms with Crippen molar-refractivity contribution in [3.05, 3.63) is 23.8 Å². The Balaban J connectivity index is 2.08. The number of rotatable bonds is 5. The third-order valence-electron chi connectivity index (χ3n) is 3.84. The van der Waals surface area contributed by atoms with Crippen LogP contribution in [0.4, 0.5) is 0 Å². The van der Waals surface area contributed by atoms with Gasteiger partial charge in [0, 0.05) is 30.9 Å². The number of ether oxygens (including phenoxy) is 3. The topological polar surface area (TPSA) is 39.7 Å². The molecule has 1 N–H and O–H groups in total. The van der Waals surface area contributed by atoms with E-state index in [0.29, 0.717) is 6.04 Å². The van der Waals surface area contributed by atoms with Crippen LogP contribution in [-0.4, -0.2) is 33.5 Å². The first-order valence-corrected chi connectivity index (χ1v) is 7.30. The molecule has 1 aromatic rings. The van der Waals surface area contributed by atoms with Crippen LogP contribution in [-0.2, 0) is 4.74 Å². The molecule has 0 aliphatic carbocycles. The molecular weight excluding hydrogens is 254 g/mol. The Morgan fingerprint density at radius 3 is 2.80 bits per heavy atom. The monoisotopic (exact) mass is 279 g/mol. The molecule has 1 aliphatic rings. The average Bonchev–Trinajstić information content (AvgIpc) is 2.75. The molecule has 0 radical (unpaired) electrons. The largest absolute Gasteiger partial charge is 0.497 e. The van der Waals surface area contributed by atoms with E-state index >= 15 is 0 Å². The summed E-state index contributed by atoms with van der Waals surface area (Å²) in [5.41, 5.74) is 1.14. The Bertz CT molecular complexity index is 414. The highest BCUT2D eigenvalue weighted by atomic mass is 16.5. The van der Waals surface area contributed by atoms with Crippen LogP contribution in [0.5, 0.6) is 11.5 Å². The van der Waals surface area contributed by atoms with Crippen LogP contribution in [0.3, 0.4) is 0 Å². The van der Waals surface area contributed by atoms with Gasteiger partial charge in [0.25, 0.3) is 0 Å². The van der Waals surface area contributed by atoms with Crippen molar-refractivity contribution in [2.45, 2.75) is 38.3 Å². The summed E-state index contributed by atoms with van der Waals surface area (Å²) in [5, 5.41) is 3.69. The number of methoxy groups -OCH3 is 2. The van der Waals surface area contributed by atoms with Crippen molar-refractivity contribution in [3.8, 4) is 11.5 Å². The fraction of sp³-hybridized carbons (Fsp3) is 0.625. The highest BCUT2D eigenvalue weighted by Crippen LogP contribution is 2.30. The minimum atomic E-state index is 0.225. The van der Waals surface area contributed by atoms with Crippen LogP contribution in [0.2, 0.25) is 0 Å². The molecule has 112 valence electrons. The highest BCUT2D eigenvalue weighted by molar-refractivity contribution is 5.42. The second kappa shape index (κ2) is 7.50. The molecular formula is C16H25NO3. The van der Waals surface area contributed by atoms with Crippen molar-refractivity contribution in [3.63, 3.8) is 0 Å². The molecule has 1 aliphatic heterocycles. The number of hydrogen-bond acceptors (Lipinski definition) is 4. The van der Waals surface area contributed by atoms with Gasteiger partial charge in [-0.25, -0.2) is 0 Å². The van der Waals surface area contributed by atoms with Crippen molar-refractivity contribution in [1.29, 1.82) is 0 Å². The Kier molecular flexibility index (Phi) is 5.68. The summed E-state index contributed by atoms with van der Waals surface area (Å²) in [6.45, 7) is 3.90. The highest BCUT2D eigenvalue weighted by Gasteiger charge is 2.18. The fourth-order valence-corrected chi connectivity index (χ4v) is 2.69. The average molecular weight is 279 g/mol. The summed E-state index contributed by atoms with van der Waals surface area (Å²) in [7, 11) is 3.39. The third kappa shape index (κ3) is 3.87. The lowest BCUT2D eigenvalue weighted by Crippen LogP contribution is -2.32. The molecule has 2 unspecified atom stereocenters. The van der Waals surface area contributed by atoms with Crippen molar-refractivity contribution in [2.24, 2.45) is 0 Å². The summed E-state index contributed by atoms with van der Waals surface area (Å²) >= 11 is 0. The molecule has 2 rings (SSSR count). The smallest absolute Gasteiger partial charge is 0.123 e. The van der Waals surface area contributed by atoms with Crippen LogP contribution in [0.25, 0.3) is 0 Å². The molecule has 0 aromatic heterocycles. The Hall–Kier alpha value is -1.26. The number of benzene rings is 1. The van der Waals surface area contributed by atoms with E-state index in [9.17, 15) is 0 Å². The molecule has 2 atom stereocenters. The Morgan fingerprint density at radius 2 is 2.05 bits per heavy atom. The zero-order chi connectivity index (χ0) is 14.4. The molecule has 4 nitrogen and oxygen atoms in total. The summed E-state index contributed by atoms with van der Waals surface area (Å²) in [6, 6.07) is 6.66. The van der Waals surface area contributed by atoms with Crippen LogP contribution in [0.1, 0.15) is 37.8 Å². The first kappa shape index (κ1) is 15.1. The van der Waals surface area contributed by atoms with Crippen molar-refractivity contribution >= 4 is 0 Å². The van der Waals surface area contributed by atoms with E-state index in [1.54, 1.807) is 14.2 Å². The second-order valence-electron chi connectivity index (χ2n) is 5.24. The van der Waals surface area contributed by atoms with Gasteiger partial charge in [-0.2, -0.15) is 0 Å². The van der Waals surface area contributed by atoms with Gasteiger partial charge in [0.1, 0.15) is 11.5 Å². The minimum absolute atomic E-state index is 0.225. The van der Waals surface area contributed by atoms with E-state index in [1.807, 2.05) is 18.2 Å². The van der Waals surface area contributed by atoms with Gasteiger partial charge >= 0.3 is 0 Å². The van der Waals surface area contributed by atoms with Crippen LogP contribution >= 0.6 is 0 Å². The molecule has 0 amide bonds. The molecule has 1 fully saturated rings. The number of hydrogen-bond donors (Lipinski definition) is 1. The minimum Gasteiger partial charge on any atom is -0.497 e. The maximum Gasteiger partial charge on any atom is 0.123 e. The quantitative estimate of drug-likeness (QED) is 0.899. The maximum atomic E-state index is 5.51. The van der Waals surface area contributed by atoms with E-state index in [-0.39, 0.29) is 6.04 Å². The van der Waals surface area contributed by atoms with Gasteiger partial charge in [-0.3, -0.25) is 0 Å². The fourth-order valence-electron chi connectivity index (χ4n) is 2.69. The van der Waals surface area contributed by atoms with E-state index in [0.717, 1.165) is 49.5 Å². The van der Waals surface area contributed by atoms with Gasteiger partial charge in [-0.05, 0) is 44.4 Å². The molecule has 20 heavy (non-hydrogen) atoms. The predicted molar refractivity (Wildman–Crippen MR) is 79.6 cm³/mol. The van der Waals surface area contributed by atoms with Crippen LogP contribution < -0.4 is 14.8 Å². The first-order chi connectivity index (χ1) is 9.74. The molecule has 1 saturated heterocycles. The molecule has 4 heteroatoms. The van der Waals surface area contributed by atoms with Gasteiger partial charge in [0.15, 0.2) is 0 Å². The zero-order valence-electron chi connectivity index (χ0n) is 12.6. The molecule has 0 saturated carbocycles. The number of nitrogens with one attached hydrogen (secondary N) is 1. The molecule has 0 spiro atoms. The summed E-state index contributed by atoms with van der Waals surface area (Å²) in [4.78, 5) is 0. The third-order valence-corrected chi connectivity index (χ3v) is 3.84. The van der Waals surface area contributed by atoms with Gasteiger partial charge in [0.05, 0.1) is 14.2 Å². The van der Waals surface area contributed by atoms with Gasteiger partial charge in [-0.1, -0.05) is 0 Å². The normalized spacial score (nSPS) is 21.1.